The summed E-state index contributed by atoms with van der Waals surface area (Å²) >= 11 is 0. The molecular weight excluding hydrogens is 402 g/mol. The van der Waals surface area contributed by atoms with Gasteiger partial charge in [-0.1, -0.05) is 48.5 Å². The summed E-state index contributed by atoms with van der Waals surface area (Å²) in [6.07, 6.45) is 2.88. The first kappa shape index (κ1) is 22.1. The molecule has 2 aromatic carbocycles. The van der Waals surface area contributed by atoms with E-state index in [2.05, 4.69) is 5.32 Å². The van der Waals surface area contributed by atoms with Crippen LogP contribution in [0.3, 0.4) is 0 Å². The van der Waals surface area contributed by atoms with Crippen LogP contribution in [0.1, 0.15) is 60.1 Å². The summed E-state index contributed by atoms with van der Waals surface area (Å²) in [6.45, 7) is 4.99. The smallest absolute Gasteiger partial charge is 0.254 e. The predicted octanol–water partition coefficient (Wildman–Crippen LogP) is 3.47. The molecule has 4 rings (SSSR count). The largest absolute Gasteiger partial charge is 0.348 e. The summed E-state index contributed by atoms with van der Waals surface area (Å²) in [5, 5.41) is 3.07. The highest BCUT2D eigenvalue weighted by molar-refractivity contribution is 5.99. The first-order chi connectivity index (χ1) is 15.5. The fourth-order valence-electron chi connectivity index (χ4n) is 4.86. The Bertz CT molecular complexity index is 991. The van der Waals surface area contributed by atoms with Crippen molar-refractivity contribution < 1.29 is 14.4 Å². The fourth-order valence-corrected chi connectivity index (χ4v) is 4.86. The Kier molecular flexibility index (Phi) is 6.58. The molecule has 1 N–H and O–H groups in total. The number of benzene rings is 2. The highest BCUT2D eigenvalue weighted by Crippen LogP contribution is 2.27. The van der Waals surface area contributed by atoms with Crippen molar-refractivity contribution in [1.82, 2.24) is 15.1 Å². The van der Waals surface area contributed by atoms with Crippen molar-refractivity contribution in [3.63, 3.8) is 0 Å². The van der Waals surface area contributed by atoms with Gasteiger partial charge in [-0.25, -0.2) is 0 Å². The minimum atomic E-state index is -0.498. The molecule has 0 radical (unpaired) electrons. The maximum absolute atomic E-state index is 13.5. The number of aryl methyl sites for hydroxylation is 1. The van der Waals surface area contributed by atoms with Crippen LogP contribution in [-0.2, 0) is 9.59 Å². The number of nitrogens with one attached hydrogen (secondary N) is 1. The monoisotopic (exact) mass is 433 g/mol. The van der Waals surface area contributed by atoms with Crippen molar-refractivity contribution in [3.05, 3.63) is 71.3 Å². The summed E-state index contributed by atoms with van der Waals surface area (Å²) in [7, 11) is 0. The molecule has 0 aliphatic carbocycles. The van der Waals surface area contributed by atoms with Crippen LogP contribution in [0.5, 0.6) is 0 Å². The molecule has 0 aromatic heterocycles. The number of carbonyl (C=O) groups is 3. The lowest BCUT2D eigenvalue weighted by Gasteiger charge is -2.31. The molecular formula is C26H31N3O3. The van der Waals surface area contributed by atoms with Gasteiger partial charge in [-0.15, -0.1) is 0 Å². The normalized spacial score (nSPS) is 21.4. The van der Waals surface area contributed by atoms with E-state index in [1.165, 1.54) is 0 Å². The van der Waals surface area contributed by atoms with E-state index >= 15 is 0 Å². The zero-order valence-corrected chi connectivity index (χ0v) is 18.8. The maximum atomic E-state index is 13.5. The second-order valence-electron chi connectivity index (χ2n) is 8.80. The second kappa shape index (κ2) is 9.55. The number of hydrogen-bond acceptors (Lipinski definition) is 3. The molecule has 2 fully saturated rings. The zero-order chi connectivity index (χ0) is 22.7. The van der Waals surface area contributed by atoms with Gasteiger partial charge >= 0.3 is 0 Å². The SMILES string of the molecule is Cc1ccccc1C(=O)N1CCC[C@H]1C(=O)N1CCC[C@H]1C(=O)N[C@H](C)c1ccccc1. The Morgan fingerprint density at radius 2 is 1.50 bits per heavy atom. The van der Waals surface area contributed by atoms with Crippen LogP contribution in [0.4, 0.5) is 0 Å². The summed E-state index contributed by atoms with van der Waals surface area (Å²) in [6, 6.07) is 16.2. The van der Waals surface area contributed by atoms with Crippen molar-refractivity contribution >= 4 is 17.7 Å². The standard InChI is InChI=1S/C26H31N3O3/c1-18-10-6-7-13-21(18)25(31)29-17-9-15-23(29)26(32)28-16-8-14-22(28)24(30)27-19(2)20-11-4-3-5-12-20/h3-7,10-13,19,22-23H,8-9,14-17H2,1-2H3,(H,27,30)/t19-,22+,23+/m1/s1. The van der Waals surface area contributed by atoms with Crippen molar-refractivity contribution in [3.8, 4) is 0 Å². The van der Waals surface area contributed by atoms with Gasteiger partial charge in [-0.3, -0.25) is 14.4 Å². The minimum absolute atomic E-state index is 0.100. The maximum Gasteiger partial charge on any atom is 0.254 e. The molecule has 3 amide bonds. The van der Waals surface area contributed by atoms with Gasteiger partial charge in [0.2, 0.25) is 11.8 Å². The molecule has 32 heavy (non-hydrogen) atoms. The summed E-state index contributed by atoms with van der Waals surface area (Å²) in [5.74, 6) is -0.326. The fraction of sp³-hybridized carbons (Fsp3) is 0.423. The topological polar surface area (TPSA) is 69.7 Å². The molecule has 0 bridgehead atoms. The predicted molar refractivity (Wildman–Crippen MR) is 123 cm³/mol. The number of likely N-dealkylation sites (tertiary alicyclic amines) is 2. The van der Waals surface area contributed by atoms with E-state index in [4.69, 9.17) is 0 Å². The number of carbonyl (C=O) groups excluding carboxylic acids is 3. The average Bonchev–Trinajstić information content (AvgIpc) is 3.49. The Morgan fingerprint density at radius 3 is 2.22 bits per heavy atom. The van der Waals surface area contributed by atoms with E-state index in [-0.39, 0.29) is 23.8 Å². The van der Waals surface area contributed by atoms with Crippen LogP contribution in [0.25, 0.3) is 0 Å². The lowest BCUT2D eigenvalue weighted by Crippen LogP contribution is -2.53. The van der Waals surface area contributed by atoms with Gasteiger partial charge < -0.3 is 15.1 Å². The van der Waals surface area contributed by atoms with Gasteiger partial charge in [0.05, 0.1) is 6.04 Å². The van der Waals surface area contributed by atoms with Crippen LogP contribution in [0.15, 0.2) is 54.6 Å². The molecule has 0 saturated carbocycles. The molecule has 2 aliphatic rings. The van der Waals surface area contributed by atoms with Crippen molar-refractivity contribution in [2.75, 3.05) is 13.1 Å². The van der Waals surface area contributed by atoms with Crippen LogP contribution in [0, 0.1) is 6.92 Å². The Balaban J connectivity index is 1.46. The van der Waals surface area contributed by atoms with Crippen LogP contribution < -0.4 is 5.32 Å². The molecule has 2 saturated heterocycles. The Morgan fingerprint density at radius 1 is 0.875 bits per heavy atom. The van der Waals surface area contributed by atoms with E-state index in [0.29, 0.717) is 31.5 Å². The Labute approximate surface area is 189 Å². The molecule has 6 heteroatoms. The molecule has 0 unspecified atom stereocenters. The number of rotatable bonds is 5. The molecule has 6 nitrogen and oxygen atoms in total. The van der Waals surface area contributed by atoms with Gasteiger partial charge in [-0.05, 0) is 56.7 Å². The van der Waals surface area contributed by atoms with Crippen molar-refractivity contribution in [2.45, 2.75) is 57.7 Å². The molecule has 2 aliphatic heterocycles. The Hall–Kier alpha value is -3.15. The van der Waals surface area contributed by atoms with Crippen LogP contribution >= 0.6 is 0 Å². The first-order valence-corrected chi connectivity index (χ1v) is 11.5. The van der Waals surface area contributed by atoms with Crippen LogP contribution in [0.2, 0.25) is 0 Å². The first-order valence-electron chi connectivity index (χ1n) is 11.5. The van der Waals surface area contributed by atoms with Crippen LogP contribution in [-0.4, -0.2) is 52.7 Å². The molecule has 2 heterocycles. The average molecular weight is 434 g/mol. The van der Waals surface area contributed by atoms with Gasteiger partial charge in [0.15, 0.2) is 0 Å². The number of nitrogens with zero attached hydrogens (tertiary/aromatic N) is 2. The summed E-state index contributed by atoms with van der Waals surface area (Å²) in [4.78, 5) is 43.1. The highest BCUT2D eigenvalue weighted by Gasteiger charge is 2.42. The highest BCUT2D eigenvalue weighted by atomic mass is 16.2. The quantitative estimate of drug-likeness (QED) is 0.785. The van der Waals surface area contributed by atoms with Crippen molar-refractivity contribution in [1.29, 1.82) is 0 Å². The van der Waals surface area contributed by atoms with E-state index in [1.807, 2.05) is 68.4 Å². The van der Waals surface area contributed by atoms with Gasteiger partial charge in [-0.2, -0.15) is 0 Å². The second-order valence-corrected chi connectivity index (χ2v) is 8.80. The summed E-state index contributed by atoms with van der Waals surface area (Å²) < 4.78 is 0. The van der Waals surface area contributed by atoms with Crippen molar-refractivity contribution in [2.24, 2.45) is 0 Å². The van der Waals surface area contributed by atoms with Gasteiger partial charge in [0.1, 0.15) is 12.1 Å². The summed E-state index contributed by atoms with van der Waals surface area (Å²) in [5.41, 5.74) is 2.58. The molecule has 0 spiro atoms. The minimum Gasteiger partial charge on any atom is -0.348 e. The lowest BCUT2D eigenvalue weighted by molar-refractivity contribution is -0.141. The molecule has 168 valence electrons. The van der Waals surface area contributed by atoms with E-state index in [0.717, 1.165) is 24.0 Å². The third kappa shape index (κ3) is 4.40. The number of amides is 3. The zero-order valence-electron chi connectivity index (χ0n) is 18.8. The lowest BCUT2D eigenvalue weighted by atomic mass is 10.1. The van der Waals surface area contributed by atoms with Gasteiger partial charge in [0, 0.05) is 18.7 Å². The third-order valence-corrected chi connectivity index (χ3v) is 6.67. The molecule has 2 aromatic rings. The van der Waals surface area contributed by atoms with E-state index in [9.17, 15) is 14.4 Å². The van der Waals surface area contributed by atoms with Gasteiger partial charge in [0.25, 0.3) is 5.91 Å². The number of hydrogen-bond donors (Lipinski definition) is 1. The third-order valence-electron chi connectivity index (χ3n) is 6.67. The van der Waals surface area contributed by atoms with E-state index < -0.39 is 12.1 Å². The molecule has 3 atom stereocenters. The van der Waals surface area contributed by atoms with E-state index in [1.54, 1.807) is 9.80 Å².